The minimum absolute atomic E-state index is 0.240. The summed E-state index contributed by atoms with van der Waals surface area (Å²) in [6.45, 7) is 0.240. The molecule has 5 aromatic rings. The first-order valence-electron chi connectivity index (χ1n) is 11.2. The fraction of sp³-hybridized carbons (Fsp3) is 0. The highest BCUT2D eigenvalue weighted by Crippen LogP contribution is 2.41. The molecule has 2 aliphatic heterocycles. The van der Waals surface area contributed by atoms with Crippen LogP contribution in [0.4, 0.5) is 17.1 Å². The first kappa shape index (κ1) is 17.6. The normalized spacial score (nSPS) is 12.9. The highest BCUT2D eigenvalue weighted by atomic mass is 15.1. The second kappa shape index (κ2) is 6.73. The molecular formula is C30H20BN. The lowest BCUT2D eigenvalue weighted by molar-refractivity contribution is 1.30. The van der Waals surface area contributed by atoms with E-state index in [0.29, 0.717) is 0 Å². The van der Waals surface area contributed by atoms with Crippen LogP contribution in [0.1, 0.15) is 0 Å². The summed E-state index contributed by atoms with van der Waals surface area (Å²) in [5.41, 5.74) is 13.3. The summed E-state index contributed by atoms with van der Waals surface area (Å²) < 4.78 is 0. The van der Waals surface area contributed by atoms with Crippen molar-refractivity contribution in [3.05, 3.63) is 121 Å². The topological polar surface area (TPSA) is 3.24 Å². The fourth-order valence-electron chi connectivity index (χ4n) is 5.64. The average molecular weight is 405 g/mol. The van der Waals surface area contributed by atoms with Crippen molar-refractivity contribution in [2.45, 2.75) is 0 Å². The van der Waals surface area contributed by atoms with E-state index in [1.54, 1.807) is 0 Å². The number of nitrogens with zero attached hydrogens (tertiary/aromatic N) is 1. The van der Waals surface area contributed by atoms with Crippen LogP contribution in [0.25, 0.3) is 22.3 Å². The van der Waals surface area contributed by atoms with Gasteiger partial charge in [0.05, 0.1) is 0 Å². The number of benzene rings is 5. The molecule has 0 unspecified atom stereocenters. The molecule has 0 fully saturated rings. The zero-order valence-corrected chi connectivity index (χ0v) is 17.6. The van der Waals surface area contributed by atoms with Gasteiger partial charge in [-0.15, -0.1) is 0 Å². The molecule has 0 aromatic heterocycles. The van der Waals surface area contributed by atoms with Gasteiger partial charge < -0.3 is 4.90 Å². The van der Waals surface area contributed by atoms with Crippen molar-refractivity contribution >= 4 is 40.2 Å². The van der Waals surface area contributed by atoms with Crippen molar-refractivity contribution in [3.63, 3.8) is 0 Å². The summed E-state index contributed by atoms with van der Waals surface area (Å²) >= 11 is 0. The van der Waals surface area contributed by atoms with E-state index in [2.05, 4.69) is 126 Å². The van der Waals surface area contributed by atoms with E-state index in [1.165, 1.54) is 55.7 Å². The maximum absolute atomic E-state index is 2.45. The second-order valence-electron chi connectivity index (χ2n) is 8.53. The van der Waals surface area contributed by atoms with Crippen LogP contribution in [-0.2, 0) is 0 Å². The summed E-state index contributed by atoms with van der Waals surface area (Å²) in [5.74, 6) is 0. The molecule has 2 aliphatic rings. The van der Waals surface area contributed by atoms with Crippen LogP contribution in [0.3, 0.4) is 0 Å². The van der Waals surface area contributed by atoms with Gasteiger partial charge in [-0.3, -0.25) is 0 Å². The van der Waals surface area contributed by atoms with E-state index >= 15 is 0 Å². The second-order valence-corrected chi connectivity index (χ2v) is 8.53. The Bertz CT molecular complexity index is 1470. The van der Waals surface area contributed by atoms with E-state index < -0.39 is 0 Å². The van der Waals surface area contributed by atoms with Crippen molar-refractivity contribution < 1.29 is 0 Å². The van der Waals surface area contributed by atoms with Crippen LogP contribution in [0.15, 0.2) is 121 Å². The van der Waals surface area contributed by atoms with Gasteiger partial charge in [0.2, 0.25) is 6.71 Å². The molecule has 0 bridgehead atoms. The van der Waals surface area contributed by atoms with Crippen LogP contribution in [0, 0.1) is 0 Å². The zero-order valence-electron chi connectivity index (χ0n) is 17.6. The minimum Gasteiger partial charge on any atom is -0.311 e. The van der Waals surface area contributed by atoms with Crippen molar-refractivity contribution in [2.24, 2.45) is 0 Å². The first-order valence-corrected chi connectivity index (χ1v) is 11.2. The third-order valence-corrected chi connectivity index (χ3v) is 6.89. The van der Waals surface area contributed by atoms with Crippen LogP contribution >= 0.6 is 0 Å². The fourth-order valence-corrected chi connectivity index (χ4v) is 5.64. The van der Waals surface area contributed by atoms with Crippen LogP contribution in [0.5, 0.6) is 0 Å². The summed E-state index contributed by atoms with van der Waals surface area (Å²) in [7, 11) is 0. The maximum atomic E-state index is 2.45. The number of fused-ring (bicyclic) bond motifs is 5. The predicted molar refractivity (Wildman–Crippen MR) is 137 cm³/mol. The lowest BCUT2D eigenvalue weighted by atomic mass is 9.36. The van der Waals surface area contributed by atoms with Crippen molar-refractivity contribution in [1.82, 2.24) is 0 Å². The molecule has 0 aliphatic carbocycles. The molecule has 148 valence electrons. The molecule has 0 saturated carbocycles. The van der Waals surface area contributed by atoms with Gasteiger partial charge in [0.1, 0.15) is 0 Å². The predicted octanol–water partition coefficient (Wildman–Crippen LogP) is 5.63. The Balaban J connectivity index is 1.62. The lowest BCUT2D eigenvalue weighted by Crippen LogP contribution is -2.55. The van der Waals surface area contributed by atoms with Gasteiger partial charge >= 0.3 is 0 Å². The number of para-hydroxylation sites is 1. The third kappa shape index (κ3) is 2.35. The summed E-state index contributed by atoms with van der Waals surface area (Å²) in [4.78, 5) is 2.45. The van der Waals surface area contributed by atoms with Gasteiger partial charge in [0, 0.05) is 17.1 Å². The average Bonchev–Trinajstić information content (AvgIpc) is 3.21. The summed E-state index contributed by atoms with van der Waals surface area (Å²) in [6.07, 6.45) is 0. The Kier molecular flexibility index (Phi) is 3.71. The number of rotatable bonds is 2. The van der Waals surface area contributed by atoms with Gasteiger partial charge in [0.25, 0.3) is 0 Å². The SMILES string of the molecule is c1ccc(-c2cccc3c2B2c4ccccc4-c4cccc(c42)N3c2ccccc2)cc1. The Morgan fingerprint density at radius 2 is 1.00 bits per heavy atom. The van der Waals surface area contributed by atoms with E-state index in [0.717, 1.165) is 0 Å². The summed E-state index contributed by atoms with van der Waals surface area (Å²) in [5, 5.41) is 0. The molecule has 2 heteroatoms. The van der Waals surface area contributed by atoms with E-state index in [4.69, 9.17) is 0 Å². The zero-order chi connectivity index (χ0) is 21.1. The molecule has 0 radical (unpaired) electrons. The van der Waals surface area contributed by atoms with Crippen LogP contribution < -0.4 is 21.3 Å². The Morgan fingerprint density at radius 3 is 1.75 bits per heavy atom. The lowest BCUT2D eigenvalue weighted by Gasteiger charge is -2.37. The number of anilines is 3. The molecule has 7 rings (SSSR count). The van der Waals surface area contributed by atoms with Gasteiger partial charge in [-0.25, -0.2) is 0 Å². The van der Waals surface area contributed by atoms with Crippen molar-refractivity contribution in [2.75, 3.05) is 4.90 Å². The molecular weight excluding hydrogens is 385 g/mol. The first-order chi connectivity index (χ1) is 15.9. The molecule has 5 aromatic carbocycles. The molecule has 0 spiro atoms. The highest BCUT2D eigenvalue weighted by Gasteiger charge is 2.43. The smallest absolute Gasteiger partial charge is 0.249 e. The molecule has 0 saturated heterocycles. The van der Waals surface area contributed by atoms with E-state index in [9.17, 15) is 0 Å². The molecule has 0 atom stereocenters. The van der Waals surface area contributed by atoms with E-state index in [1.807, 2.05) is 0 Å². The van der Waals surface area contributed by atoms with Gasteiger partial charge in [-0.2, -0.15) is 0 Å². The monoisotopic (exact) mass is 405 g/mol. The summed E-state index contributed by atoms with van der Waals surface area (Å²) in [6, 6.07) is 44.0. The molecule has 0 amide bonds. The number of hydrogen-bond acceptors (Lipinski definition) is 1. The quantitative estimate of drug-likeness (QED) is 0.337. The highest BCUT2D eigenvalue weighted by molar-refractivity contribution is 7.02. The standard InChI is InChI=1S/C30H20BN/c1-3-11-21(12-4-1)23-16-9-19-27-29(23)31-26-18-8-7-15-24(26)25-17-10-20-28(30(25)31)32(27)22-13-5-2-6-14-22/h1-20H. The van der Waals surface area contributed by atoms with Gasteiger partial charge in [-0.1, -0.05) is 103 Å². The largest absolute Gasteiger partial charge is 0.311 e. The van der Waals surface area contributed by atoms with Crippen LogP contribution in [0.2, 0.25) is 0 Å². The molecule has 2 heterocycles. The Labute approximate surface area is 188 Å². The molecule has 32 heavy (non-hydrogen) atoms. The Morgan fingerprint density at radius 1 is 0.438 bits per heavy atom. The Hall–Kier alpha value is -4.04. The third-order valence-electron chi connectivity index (χ3n) is 6.89. The van der Waals surface area contributed by atoms with Gasteiger partial charge in [-0.05, 0) is 57.4 Å². The number of hydrogen-bond donors (Lipinski definition) is 0. The van der Waals surface area contributed by atoms with Crippen molar-refractivity contribution in [1.29, 1.82) is 0 Å². The molecule has 0 N–H and O–H groups in total. The minimum atomic E-state index is 0.240. The van der Waals surface area contributed by atoms with Crippen molar-refractivity contribution in [3.8, 4) is 22.3 Å². The van der Waals surface area contributed by atoms with E-state index in [-0.39, 0.29) is 6.71 Å². The van der Waals surface area contributed by atoms with Crippen LogP contribution in [-0.4, -0.2) is 6.71 Å². The molecule has 1 nitrogen and oxygen atoms in total. The van der Waals surface area contributed by atoms with Gasteiger partial charge in [0.15, 0.2) is 0 Å². The maximum Gasteiger partial charge on any atom is 0.249 e.